The predicted molar refractivity (Wildman–Crippen MR) is 82.9 cm³/mol. The van der Waals surface area contributed by atoms with Crippen LogP contribution in [0.5, 0.6) is 5.75 Å². The Balaban J connectivity index is 2.62. The van der Waals surface area contributed by atoms with Crippen LogP contribution in [-0.4, -0.2) is 19.2 Å². The molecule has 2 atom stereocenters. The molecule has 2 nitrogen and oxygen atoms in total. The first-order valence-electron chi connectivity index (χ1n) is 7.52. The second kappa shape index (κ2) is 8.21. The van der Waals surface area contributed by atoms with Crippen LogP contribution < -0.4 is 10.1 Å². The van der Waals surface area contributed by atoms with Crippen molar-refractivity contribution < 1.29 is 4.74 Å². The van der Waals surface area contributed by atoms with E-state index in [9.17, 15) is 0 Å². The number of benzene rings is 1. The Bertz CT molecular complexity index is 362. The summed E-state index contributed by atoms with van der Waals surface area (Å²) < 4.78 is 5.77. The van der Waals surface area contributed by atoms with Gasteiger partial charge in [-0.05, 0) is 62.9 Å². The van der Waals surface area contributed by atoms with Crippen LogP contribution in [0.4, 0.5) is 0 Å². The molecule has 1 aromatic carbocycles. The number of nitrogens with one attached hydrogen (secondary N) is 1. The summed E-state index contributed by atoms with van der Waals surface area (Å²) in [5.74, 6) is 2.15. The molecular weight excluding hydrogens is 234 g/mol. The van der Waals surface area contributed by atoms with Crippen molar-refractivity contribution in [1.82, 2.24) is 5.32 Å². The third-order valence-electron chi connectivity index (χ3n) is 3.50. The van der Waals surface area contributed by atoms with E-state index >= 15 is 0 Å². The van der Waals surface area contributed by atoms with E-state index in [0.29, 0.717) is 11.8 Å². The van der Waals surface area contributed by atoms with Gasteiger partial charge in [-0.3, -0.25) is 0 Å². The molecule has 0 aromatic heterocycles. The van der Waals surface area contributed by atoms with Gasteiger partial charge in [-0.25, -0.2) is 0 Å². The lowest BCUT2D eigenvalue weighted by Crippen LogP contribution is -2.25. The van der Waals surface area contributed by atoms with Gasteiger partial charge < -0.3 is 10.1 Å². The van der Waals surface area contributed by atoms with Crippen LogP contribution in [0.15, 0.2) is 24.3 Å². The Morgan fingerprint density at radius 3 is 2.53 bits per heavy atom. The smallest absolute Gasteiger partial charge is 0.119 e. The molecule has 0 saturated heterocycles. The molecule has 1 N–H and O–H groups in total. The molecule has 108 valence electrons. The minimum absolute atomic E-state index is 0.231. The van der Waals surface area contributed by atoms with Gasteiger partial charge in [0.05, 0.1) is 6.10 Å². The molecule has 2 heteroatoms. The fraction of sp³-hybridized carbons (Fsp3) is 0.647. The van der Waals surface area contributed by atoms with E-state index in [-0.39, 0.29) is 6.10 Å². The van der Waals surface area contributed by atoms with E-state index in [4.69, 9.17) is 4.74 Å². The van der Waals surface area contributed by atoms with Crippen molar-refractivity contribution in [3.63, 3.8) is 0 Å². The van der Waals surface area contributed by atoms with Crippen LogP contribution in [0.1, 0.15) is 52.5 Å². The van der Waals surface area contributed by atoms with Crippen LogP contribution in [0.25, 0.3) is 0 Å². The van der Waals surface area contributed by atoms with Crippen molar-refractivity contribution in [2.24, 2.45) is 5.92 Å². The van der Waals surface area contributed by atoms with E-state index in [0.717, 1.165) is 18.8 Å². The average Bonchev–Trinajstić information content (AvgIpc) is 2.37. The summed E-state index contributed by atoms with van der Waals surface area (Å²) >= 11 is 0. The zero-order valence-corrected chi connectivity index (χ0v) is 13.1. The van der Waals surface area contributed by atoms with Crippen LogP contribution >= 0.6 is 0 Å². The van der Waals surface area contributed by atoms with Gasteiger partial charge in [-0.1, -0.05) is 32.9 Å². The monoisotopic (exact) mass is 263 g/mol. The summed E-state index contributed by atoms with van der Waals surface area (Å²) in [5, 5.41) is 3.50. The van der Waals surface area contributed by atoms with Gasteiger partial charge in [-0.15, -0.1) is 0 Å². The molecule has 2 unspecified atom stereocenters. The summed E-state index contributed by atoms with van der Waals surface area (Å²) in [4.78, 5) is 0. The van der Waals surface area contributed by atoms with Gasteiger partial charge in [-0.2, -0.15) is 0 Å². The molecule has 0 spiro atoms. The lowest BCUT2D eigenvalue weighted by molar-refractivity contribution is 0.242. The topological polar surface area (TPSA) is 21.3 Å². The van der Waals surface area contributed by atoms with Gasteiger partial charge in [0.2, 0.25) is 0 Å². The Morgan fingerprint density at radius 1 is 1.16 bits per heavy atom. The second-order valence-corrected chi connectivity index (χ2v) is 5.71. The van der Waals surface area contributed by atoms with Gasteiger partial charge in [0.15, 0.2) is 0 Å². The van der Waals surface area contributed by atoms with Crippen molar-refractivity contribution >= 4 is 0 Å². The van der Waals surface area contributed by atoms with Crippen molar-refractivity contribution in [2.45, 2.75) is 53.1 Å². The molecule has 0 radical (unpaired) electrons. The first-order chi connectivity index (χ1) is 9.04. The normalized spacial score (nSPS) is 14.4. The highest BCUT2D eigenvalue weighted by atomic mass is 16.5. The third kappa shape index (κ3) is 5.65. The summed E-state index contributed by atoms with van der Waals surface area (Å²) in [6.07, 6.45) is 1.42. The first kappa shape index (κ1) is 16.0. The molecule has 19 heavy (non-hydrogen) atoms. The SMILES string of the molecule is CCCNCC(C)C(C)c1cccc(OC(C)C)c1. The van der Waals surface area contributed by atoms with E-state index in [1.54, 1.807) is 0 Å². The van der Waals surface area contributed by atoms with Crippen LogP contribution in [0, 0.1) is 5.92 Å². The minimum Gasteiger partial charge on any atom is -0.491 e. The summed E-state index contributed by atoms with van der Waals surface area (Å²) in [7, 11) is 0. The zero-order chi connectivity index (χ0) is 14.3. The third-order valence-corrected chi connectivity index (χ3v) is 3.50. The average molecular weight is 263 g/mol. The Hall–Kier alpha value is -1.02. The summed E-state index contributed by atoms with van der Waals surface area (Å²) in [5.41, 5.74) is 1.36. The Morgan fingerprint density at radius 2 is 1.89 bits per heavy atom. The predicted octanol–water partition coefficient (Wildman–Crippen LogP) is 4.21. The molecule has 0 aliphatic rings. The Labute approximate surface area is 118 Å². The molecule has 0 aliphatic heterocycles. The molecule has 1 rings (SSSR count). The van der Waals surface area contributed by atoms with E-state index in [1.807, 2.05) is 6.07 Å². The molecular formula is C17H29NO. The van der Waals surface area contributed by atoms with Crippen LogP contribution in [0.3, 0.4) is 0 Å². The molecule has 0 amide bonds. The molecule has 0 saturated carbocycles. The minimum atomic E-state index is 0.231. The van der Waals surface area contributed by atoms with Crippen molar-refractivity contribution in [1.29, 1.82) is 0 Å². The highest BCUT2D eigenvalue weighted by molar-refractivity contribution is 5.31. The maximum atomic E-state index is 5.77. The summed E-state index contributed by atoms with van der Waals surface area (Å²) in [6.45, 7) is 13.1. The van der Waals surface area contributed by atoms with Crippen molar-refractivity contribution in [3.05, 3.63) is 29.8 Å². The standard InChI is InChI=1S/C17H29NO/c1-6-10-18-12-14(4)15(5)16-8-7-9-17(11-16)19-13(2)3/h7-9,11,13-15,18H,6,10,12H2,1-5H3. The first-order valence-corrected chi connectivity index (χ1v) is 7.52. The zero-order valence-electron chi connectivity index (χ0n) is 13.1. The molecule has 0 fully saturated rings. The lowest BCUT2D eigenvalue weighted by atomic mass is 9.89. The van der Waals surface area contributed by atoms with Crippen LogP contribution in [-0.2, 0) is 0 Å². The number of ether oxygens (including phenoxy) is 1. The quantitative estimate of drug-likeness (QED) is 0.709. The van der Waals surface area contributed by atoms with E-state index in [1.165, 1.54) is 12.0 Å². The maximum absolute atomic E-state index is 5.77. The fourth-order valence-electron chi connectivity index (χ4n) is 2.16. The number of hydrogen-bond donors (Lipinski definition) is 1. The van der Waals surface area contributed by atoms with Crippen molar-refractivity contribution in [2.75, 3.05) is 13.1 Å². The molecule has 0 aliphatic carbocycles. The lowest BCUT2D eigenvalue weighted by Gasteiger charge is -2.21. The van der Waals surface area contributed by atoms with Crippen LogP contribution in [0.2, 0.25) is 0 Å². The molecule has 0 heterocycles. The fourth-order valence-corrected chi connectivity index (χ4v) is 2.16. The van der Waals surface area contributed by atoms with Crippen molar-refractivity contribution in [3.8, 4) is 5.75 Å². The maximum Gasteiger partial charge on any atom is 0.119 e. The van der Waals surface area contributed by atoms with Gasteiger partial charge in [0, 0.05) is 0 Å². The van der Waals surface area contributed by atoms with Gasteiger partial charge in [0.1, 0.15) is 5.75 Å². The number of rotatable bonds is 8. The van der Waals surface area contributed by atoms with E-state index < -0.39 is 0 Å². The molecule has 1 aromatic rings. The highest BCUT2D eigenvalue weighted by Crippen LogP contribution is 2.27. The second-order valence-electron chi connectivity index (χ2n) is 5.71. The van der Waals surface area contributed by atoms with E-state index in [2.05, 4.69) is 58.1 Å². The number of hydrogen-bond acceptors (Lipinski definition) is 2. The largest absolute Gasteiger partial charge is 0.491 e. The van der Waals surface area contributed by atoms with Gasteiger partial charge >= 0.3 is 0 Å². The molecule has 0 bridgehead atoms. The van der Waals surface area contributed by atoms with Gasteiger partial charge in [0.25, 0.3) is 0 Å². The Kier molecular flexibility index (Phi) is 6.93. The summed E-state index contributed by atoms with van der Waals surface area (Å²) in [6, 6.07) is 8.51. The highest BCUT2D eigenvalue weighted by Gasteiger charge is 2.14.